The number of nitrogens with two attached hydrogens (primary N) is 1. The highest BCUT2D eigenvalue weighted by molar-refractivity contribution is 7.89. The van der Waals surface area contributed by atoms with E-state index in [4.69, 9.17) is 9.56 Å². The van der Waals surface area contributed by atoms with E-state index in [1.807, 2.05) is 30.3 Å². The Kier molecular flexibility index (Phi) is 3.99. The number of benzene rings is 1. The second-order valence-electron chi connectivity index (χ2n) is 5.94. The van der Waals surface area contributed by atoms with Gasteiger partial charge in [-0.25, -0.2) is 13.6 Å². The van der Waals surface area contributed by atoms with Crippen LogP contribution in [0.4, 0.5) is 0 Å². The molecule has 1 aromatic heterocycles. The van der Waals surface area contributed by atoms with Crippen molar-refractivity contribution >= 4 is 15.9 Å². The lowest BCUT2D eigenvalue weighted by Crippen LogP contribution is -2.30. The van der Waals surface area contributed by atoms with Gasteiger partial charge in [0.2, 0.25) is 5.09 Å². The Labute approximate surface area is 134 Å². The molecule has 0 radical (unpaired) electrons. The molecule has 3 atom stereocenters. The molecular weight excluding hydrogens is 316 g/mol. The average molecular weight is 334 g/mol. The summed E-state index contributed by atoms with van der Waals surface area (Å²) in [6.45, 7) is 2.14. The molecule has 1 aliphatic rings. The second-order valence-corrected chi connectivity index (χ2v) is 7.43. The van der Waals surface area contributed by atoms with Crippen LogP contribution in [-0.4, -0.2) is 14.3 Å². The number of furan rings is 1. The van der Waals surface area contributed by atoms with E-state index in [2.05, 4.69) is 12.2 Å². The largest absolute Gasteiger partial charge is 0.451 e. The van der Waals surface area contributed by atoms with Crippen molar-refractivity contribution in [3.05, 3.63) is 53.8 Å². The first-order chi connectivity index (χ1) is 10.9. The Hall–Kier alpha value is -2.12. The molecule has 3 N–H and O–H groups in total. The van der Waals surface area contributed by atoms with Crippen molar-refractivity contribution in [2.24, 2.45) is 17.0 Å². The van der Waals surface area contributed by atoms with Crippen molar-refractivity contribution in [2.75, 3.05) is 0 Å². The minimum atomic E-state index is -3.96. The first-order valence-corrected chi connectivity index (χ1v) is 8.88. The summed E-state index contributed by atoms with van der Waals surface area (Å²) in [5, 5.41) is 7.54. The van der Waals surface area contributed by atoms with E-state index < -0.39 is 15.1 Å². The van der Waals surface area contributed by atoms with Gasteiger partial charge in [0.05, 0.1) is 11.6 Å². The smallest absolute Gasteiger partial charge is 0.271 e. The number of hydrogen-bond donors (Lipinski definition) is 2. The van der Waals surface area contributed by atoms with Crippen LogP contribution in [0.15, 0.2) is 52.2 Å². The first-order valence-electron chi connectivity index (χ1n) is 7.33. The summed E-state index contributed by atoms with van der Waals surface area (Å²) in [7, 11) is -3.96. The predicted octanol–water partition coefficient (Wildman–Crippen LogP) is 2.05. The summed E-state index contributed by atoms with van der Waals surface area (Å²) < 4.78 is 27.3. The molecule has 1 fully saturated rings. The van der Waals surface area contributed by atoms with E-state index in [1.165, 1.54) is 0 Å². The van der Waals surface area contributed by atoms with Crippen molar-refractivity contribution in [3.63, 3.8) is 0 Å². The zero-order valence-electron chi connectivity index (χ0n) is 12.6. The SMILES string of the molecule is C[C@@H]1C[C@H]1[C@@H](NC(=O)c1coc(S(N)(=O)=O)c1)c1ccccc1. The van der Waals surface area contributed by atoms with Gasteiger partial charge in [-0.2, -0.15) is 0 Å². The van der Waals surface area contributed by atoms with Crippen LogP contribution in [0.5, 0.6) is 0 Å². The zero-order chi connectivity index (χ0) is 16.6. The molecule has 1 aromatic carbocycles. The Morgan fingerprint density at radius 2 is 2.00 bits per heavy atom. The summed E-state index contributed by atoms with van der Waals surface area (Å²) in [6.07, 6.45) is 2.15. The minimum Gasteiger partial charge on any atom is -0.451 e. The molecule has 122 valence electrons. The standard InChI is InChI=1S/C16H18N2O4S/c1-10-7-13(10)15(11-5-3-2-4-6-11)18-16(19)12-8-14(22-9-12)23(17,20)21/h2-6,8-10,13,15H,7H2,1H3,(H,18,19)(H2,17,20,21)/t10-,13-,15+/m1/s1. The highest BCUT2D eigenvalue weighted by Gasteiger charge is 2.41. The van der Waals surface area contributed by atoms with Crippen LogP contribution in [0, 0.1) is 11.8 Å². The van der Waals surface area contributed by atoms with Crippen molar-refractivity contribution in [1.82, 2.24) is 5.32 Å². The van der Waals surface area contributed by atoms with Gasteiger partial charge in [0.25, 0.3) is 15.9 Å². The Morgan fingerprint density at radius 3 is 2.52 bits per heavy atom. The number of carbonyl (C=O) groups excluding carboxylic acids is 1. The molecule has 1 aliphatic carbocycles. The summed E-state index contributed by atoms with van der Waals surface area (Å²) >= 11 is 0. The van der Waals surface area contributed by atoms with E-state index in [-0.39, 0.29) is 17.5 Å². The molecule has 0 spiro atoms. The lowest BCUT2D eigenvalue weighted by atomic mass is 10.0. The average Bonchev–Trinajstić information content (AvgIpc) is 3.03. The number of nitrogens with one attached hydrogen (secondary N) is 1. The summed E-state index contributed by atoms with van der Waals surface area (Å²) in [4.78, 5) is 12.4. The molecular formula is C16H18N2O4S. The van der Waals surface area contributed by atoms with E-state index in [0.717, 1.165) is 24.3 Å². The molecule has 2 aromatic rings. The number of hydrogen-bond acceptors (Lipinski definition) is 4. The van der Waals surface area contributed by atoms with Crippen LogP contribution in [0.3, 0.4) is 0 Å². The monoisotopic (exact) mass is 334 g/mol. The van der Waals surface area contributed by atoms with Crippen LogP contribution < -0.4 is 10.5 Å². The van der Waals surface area contributed by atoms with E-state index in [9.17, 15) is 13.2 Å². The molecule has 6 nitrogen and oxygen atoms in total. The topological polar surface area (TPSA) is 102 Å². The number of carbonyl (C=O) groups is 1. The number of sulfonamides is 1. The first kappa shape index (κ1) is 15.8. The third-order valence-corrected chi connectivity index (χ3v) is 4.94. The predicted molar refractivity (Wildman–Crippen MR) is 84.0 cm³/mol. The molecule has 0 aliphatic heterocycles. The van der Waals surface area contributed by atoms with Gasteiger partial charge in [0, 0.05) is 6.07 Å². The van der Waals surface area contributed by atoms with Gasteiger partial charge in [-0.1, -0.05) is 37.3 Å². The lowest BCUT2D eigenvalue weighted by Gasteiger charge is -2.19. The zero-order valence-corrected chi connectivity index (χ0v) is 13.4. The molecule has 1 heterocycles. The van der Waals surface area contributed by atoms with E-state index in [1.54, 1.807) is 0 Å². The quantitative estimate of drug-likeness (QED) is 0.873. The Bertz CT molecular complexity index is 814. The Morgan fingerprint density at radius 1 is 1.35 bits per heavy atom. The second kappa shape index (κ2) is 5.82. The van der Waals surface area contributed by atoms with Crippen LogP contribution in [0.2, 0.25) is 0 Å². The van der Waals surface area contributed by atoms with Crippen molar-refractivity contribution < 1.29 is 17.6 Å². The maximum Gasteiger partial charge on any atom is 0.271 e. The van der Waals surface area contributed by atoms with Crippen molar-refractivity contribution in [2.45, 2.75) is 24.5 Å². The minimum absolute atomic E-state index is 0.105. The molecule has 0 saturated heterocycles. The lowest BCUT2D eigenvalue weighted by molar-refractivity contribution is 0.0930. The maximum absolute atomic E-state index is 12.4. The summed E-state index contributed by atoms with van der Waals surface area (Å²) in [6, 6.07) is 10.8. The van der Waals surface area contributed by atoms with E-state index in [0.29, 0.717) is 11.8 Å². The van der Waals surface area contributed by atoms with Gasteiger partial charge >= 0.3 is 0 Å². The van der Waals surface area contributed by atoms with Gasteiger partial charge in [-0.05, 0) is 23.8 Å². The van der Waals surface area contributed by atoms with Crippen molar-refractivity contribution in [1.29, 1.82) is 0 Å². The molecule has 1 saturated carbocycles. The fraction of sp³-hybridized carbons (Fsp3) is 0.312. The molecule has 1 amide bonds. The third-order valence-electron chi connectivity index (χ3n) is 4.16. The van der Waals surface area contributed by atoms with Crippen molar-refractivity contribution in [3.8, 4) is 0 Å². The summed E-state index contributed by atoms with van der Waals surface area (Å²) in [5.41, 5.74) is 1.17. The van der Waals surface area contributed by atoms with Gasteiger partial charge in [0.1, 0.15) is 6.26 Å². The molecule has 0 bridgehead atoms. The maximum atomic E-state index is 12.4. The normalized spacial score (nSPS) is 21.7. The highest BCUT2D eigenvalue weighted by Crippen LogP contribution is 2.47. The van der Waals surface area contributed by atoms with Gasteiger partial charge in [0.15, 0.2) is 0 Å². The summed E-state index contributed by atoms with van der Waals surface area (Å²) in [5.74, 6) is 0.549. The highest BCUT2D eigenvalue weighted by atomic mass is 32.2. The van der Waals surface area contributed by atoms with Crippen LogP contribution in [0.1, 0.15) is 35.3 Å². The van der Waals surface area contributed by atoms with Gasteiger partial charge < -0.3 is 9.73 Å². The number of amides is 1. The number of rotatable bonds is 5. The Balaban J connectivity index is 1.80. The van der Waals surface area contributed by atoms with Gasteiger partial charge in [-0.3, -0.25) is 4.79 Å². The van der Waals surface area contributed by atoms with Crippen LogP contribution in [0.25, 0.3) is 0 Å². The third kappa shape index (κ3) is 3.46. The fourth-order valence-corrected chi connectivity index (χ4v) is 3.20. The molecule has 3 rings (SSSR count). The molecule has 0 unspecified atom stereocenters. The van der Waals surface area contributed by atoms with Gasteiger partial charge in [-0.15, -0.1) is 0 Å². The molecule has 23 heavy (non-hydrogen) atoms. The van der Waals surface area contributed by atoms with Crippen LogP contribution in [-0.2, 0) is 10.0 Å². The fourth-order valence-electron chi connectivity index (χ4n) is 2.72. The van der Waals surface area contributed by atoms with E-state index >= 15 is 0 Å². The van der Waals surface area contributed by atoms with Crippen LogP contribution >= 0.6 is 0 Å². The molecule has 7 heteroatoms. The number of primary sulfonamides is 1.